The Morgan fingerprint density at radius 3 is 2.50 bits per heavy atom. The monoisotopic (exact) mass is 553 g/mol. The molecule has 0 aliphatic carbocycles. The van der Waals surface area contributed by atoms with Crippen LogP contribution >= 0.6 is 11.8 Å². The molecule has 1 aliphatic rings. The lowest BCUT2D eigenvalue weighted by Gasteiger charge is -2.29. The zero-order chi connectivity index (χ0) is 28.3. The van der Waals surface area contributed by atoms with E-state index in [2.05, 4.69) is 42.4 Å². The number of aromatic nitrogens is 3. The molecule has 0 saturated heterocycles. The van der Waals surface area contributed by atoms with Crippen LogP contribution in [0.1, 0.15) is 60.1 Å². The van der Waals surface area contributed by atoms with Crippen LogP contribution in [0.15, 0.2) is 78.0 Å². The molecule has 5 rings (SSSR count). The number of thioether (sulfide) groups is 1. The van der Waals surface area contributed by atoms with Crippen molar-refractivity contribution in [3.05, 3.63) is 101 Å². The van der Waals surface area contributed by atoms with Crippen LogP contribution in [-0.2, 0) is 23.2 Å². The highest BCUT2D eigenvalue weighted by Crippen LogP contribution is 2.29. The third-order valence-corrected chi connectivity index (χ3v) is 8.03. The first-order valence-corrected chi connectivity index (χ1v) is 14.6. The molecule has 1 aromatic heterocycles. The van der Waals surface area contributed by atoms with E-state index in [0.717, 1.165) is 36.3 Å². The first kappa shape index (κ1) is 27.6. The van der Waals surface area contributed by atoms with Gasteiger partial charge in [-0.1, -0.05) is 75.0 Å². The van der Waals surface area contributed by atoms with Crippen LogP contribution in [-0.4, -0.2) is 38.9 Å². The number of hydrogen-bond acceptors (Lipinski definition) is 5. The zero-order valence-electron chi connectivity index (χ0n) is 23.5. The molecule has 4 aromatic rings. The molecular weight excluding hydrogens is 518 g/mol. The maximum Gasteiger partial charge on any atom is 0.251 e. The number of nitrogens with zero attached hydrogens (tertiary/aromatic N) is 4. The van der Waals surface area contributed by atoms with Gasteiger partial charge in [-0.25, -0.2) is 0 Å². The fourth-order valence-electron chi connectivity index (χ4n) is 4.91. The summed E-state index contributed by atoms with van der Waals surface area (Å²) in [7, 11) is 0. The molecule has 7 nitrogen and oxygen atoms in total. The number of benzene rings is 3. The summed E-state index contributed by atoms with van der Waals surface area (Å²) in [6.07, 6.45) is 1.94. The van der Waals surface area contributed by atoms with Crippen molar-refractivity contribution in [2.45, 2.75) is 57.7 Å². The third-order valence-electron chi connectivity index (χ3n) is 7.12. The van der Waals surface area contributed by atoms with E-state index in [9.17, 15) is 9.59 Å². The molecule has 2 heterocycles. The summed E-state index contributed by atoms with van der Waals surface area (Å²) in [6.45, 7) is 9.39. The summed E-state index contributed by atoms with van der Waals surface area (Å²) in [6, 6.07) is 23.9. The minimum atomic E-state index is -0.174. The number of hydrogen-bond donors (Lipinski definition) is 1. The summed E-state index contributed by atoms with van der Waals surface area (Å²) >= 11 is 1.36. The van der Waals surface area contributed by atoms with E-state index in [0.29, 0.717) is 16.5 Å². The van der Waals surface area contributed by atoms with Crippen LogP contribution in [0.25, 0.3) is 5.69 Å². The van der Waals surface area contributed by atoms with Gasteiger partial charge < -0.3 is 10.2 Å². The summed E-state index contributed by atoms with van der Waals surface area (Å²) in [5.74, 6) is 0.713. The van der Waals surface area contributed by atoms with Crippen LogP contribution < -0.4 is 10.2 Å². The second-order valence-corrected chi connectivity index (χ2v) is 12.1. The summed E-state index contributed by atoms with van der Waals surface area (Å²) in [5, 5.41) is 12.4. The predicted octanol–water partition coefficient (Wildman–Crippen LogP) is 5.87. The standard InChI is InChI=1S/C32H35N5O2S/c1-22-9-7-12-26(19-22)37-28(20-33-30(39)24-14-16-25(17-15-24)32(2,3)4)34-35-31(37)40-21-29(38)36-18-8-11-23-10-5-6-13-27(23)36/h5-7,9-10,12-17,19H,8,11,18,20-21H2,1-4H3,(H,33,39). The Morgan fingerprint density at radius 1 is 0.975 bits per heavy atom. The van der Waals surface area contributed by atoms with Gasteiger partial charge in [0.2, 0.25) is 5.91 Å². The fourth-order valence-corrected chi connectivity index (χ4v) is 5.76. The van der Waals surface area contributed by atoms with Crippen LogP contribution in [0.4, 0.5) is 5.69 Å². The van der Waals surface area contributed by atoms with Crippen molar-refractivity contribution in [3.8, 4) is 5.69 Å². The molecule has 0 atom stereocenters. The van der Waals surface area contributed by atoms with E-state index in [1.165, 1.54) is 22.9 Å². The zero-order valence-corrected chi connectivity index (χ0v) is 24.3. The lowest BCUT2D eigenvalue weighted by Crippen LogP contribution is -2.36. The highest BCUT2D eigenvalue weighted by Gasteiger charge is 2.24. The Hall–Kier alpha value is -3.91. The van der Waals surface area contributed by atoms with E-state index in [-0.39, 0.29) is 29.5 Å². The number of rotatable bonds is 7. The summed E-state index contributed by atoms with van der Waals surface area (Å²) in [5.41, 5.74) is 5.98. The van der Waals surface area contributed by atoms with E-state index in [1.807, 2.05) is 83.1 Å². The molecule has 1 aliphatic heterocycles. The van der Waals surface area contributed by atoms with Crippen molar-refractivity contribution in [2.75, 3.05) is 17.2 Å². The SMILES string of the molecule is Cc1cccc(-n2c(CNC(=O)c3ccc(C(C)(C)C)cc3)nnc2SCC(=O)N2CCCc3ccccc32)c1. The van der Waals surface area contributed by atoms with Gasteiger partial charge in [-0.3, -0.25) is 14.2 Å². The topological polar surface area (TPSA) is 80.1 Å². The van der Waals surface area contributed by atoms with Crippen molar-refractivity contribution < 1.29 is 9.59 Å². The normalized spacial score (nSPS) is 13.2. The average Bonchev–Trinajstić information content (AvgIpc) is 3.36. The summed E-state index contributed by atoms with van der Waals surface area (Å²) in [4.78, 5) is 28.1. The maximum absolute atomic E-state index is 13.3. The molecule has 0 bridgehead atoms. The molecule has 40 heavy (non-hydrogen) atoms. The Bertz CT molecular complexity index is 1520. The smallest absolute Gasteiger partial charge is 0.251 e. The van der Waals surface area contributed by atoms with Crippen molar-refractivity contribution in [2.24, 2.45) is 0 Å². The number of nitrogens with one attached hydrogen (secondary N) is 1. The molecule has 0 saturated carbocycles. The molecule has 3 aromatic carbocycles. The number of para-hydroxylation sites is 1. The molecular formula is C32H35N5O2S. The molecule has 0 radical (unpaired) electrons. The number of fused-ring (bicyclic) bond motifs is 1. The van der Waals surface area contributed by atoms with Crippen LogP contribution in [0.2, 0.25) is 0 Å². The van der Waals surface area contributed by atoms with Gasteiger partial charge in [-0.05, 0) is 72.2 Å². The third kappa shape index (κ3) is 6.12. The first-order valence-electron chi connectivity index (χ1n) is 13.6. The van der Waals surface area contributed by atoms with Crippen LogP contribution in [0, 0.1) is 6.92 Å². The average molecular weight is 554 g/mol. The minimum Gasteiger partial charge on any atom is -0.345 e. The van der Waals surface area contributed by atoms with Gasteiger partial charge in [0.15, 0.2) is 11.0 Å². The van der Waals surface area contributed by atoms with Gasteiger partial charge in [-0.15, -0.1) is 10.2 Å². The molecule has 0 fully saturated rings. The van der Waals surface area contributed by atoms with Gasteiger partial charge >= 0.3 is 0 Å². The second-order valence-electron chi connectivity index (χ2n) is 11.1. The predicted molar refractivity (Wildman–Crippen MR) is 160 cm³/mol. The molecule has 8 heteroatoms. The molecule has 206 valence electrons. The Kier molecular flexibility index (Phi) is 8.07. The first-order chi connectivity index (χ1) is 19.2. The Morgan fingerprint density at radius 2 is 1.75 bits per heavy atom. The van der Waals surface area contributed by atoms with Crippen molar-refractivity contribution in [3.63, 3.8) is 0 Å². The number of carbonyl (C=O) groups excluding carboxylic acids is 2. The van der Waals surface area contributed by atoms with Crippen LogP contribution in [0.5, 0.6) is 0 Å². The number of amides is 2. The van der Waals surface area contributed by atoms with Gasteiger partial charge in [0.1, 0.15) is 0 Å². The lowest BCUT2D eigenvalue weighted by atomic mass is 9.87. The molecule has 1 N–H and O–H groups in total. The van der Waals surface area contributed by atoms with Gasteiger partial charge in [0.25, 0.3) is 5.91 Å². The second kappa shape index (κ2) is 11.7. The number of carbonyl (C=O) groups is 2. The highest BCUT2D eigenvalue weighted by molar-refractivity contribution is 7.99. The molecule has 0 unspecified atom stereocenters. The van der Waals surface area contributed by atoms with Crippen molar-refractivity contribution in [1.82, 2.24) is 20.1 Å². The van der Waals surface area contributed by atoms with E-state index < -0.39 is 0 Å². The number of anilines is 1. The van der Waals surface area contributed by atoms with Crippen molar-refractivity contribution >= 4 is 29.3 Å². The van der Waals surface area contributed by atoms with Gasteiger partial charge in [0, 0.05) is 23.5 Å². The lowest BCUT2D eigenvalue weighted by molar-refractivity contribution is -0.116. The van der Waals surface area contributed by atoms with E-state index in [4.69, 9.17) is 0 Å². The molecule has 2 amide bonds. The molecule has 0 spiro atoms. The summed E-state index contributed by atoms with van der Waals surface area (Å²) < 4.78 is 1.93. The Labute approximate surface area is 240 Å². The largest absolute Gasteiger partial charge is 0.345 e. The van der Waals surface area contributed by atoms with Crippen LogP contribution in [0.3, 0.4) is 0 Å². The Balaban J connectivity index is 1.33. The van der Waals surface area contributed by atoms with Gasteiger partial charge in [0.05, 0.1) is 12.3 Å². The van der Waals surface area contributed by atoms with Gasteiger partial charge in [-0.2, -0.15) is 0 Å². The fraction of sp³-hybridized carbons (Fsp3) is 0.312. The quantitative estimate of drug-likeness (QED) is 0.289. The highest BCUT2D eigenvalue weighted by atomic mass is 32.2. The minimum absolute atomic E-state index is 0.0199. The van der Waals surface area contributed by atoms with E-state index in [1.54, 1.807) is 0 Å². The number of aryl methyl sites for hydroxylation is 2. The van der Waals surface area contributed by atoms with Crippen molar-refractivity contribution in [1.29, 1.82) is 0 Å². The maximum atomic E-state index is 13.3. The van der Waals surface area contributed by atoms with E-state index >= 15 is 0 Å².